The van der Waals surface area contributed by atoms with Crippen molar-refractivity contribution in [1.82, 2.24) is 9.80 Å². The van der Waals surface area contributed by atoms with Gasteiger partial charge in [-0.15, -0.1) is 11.8 Å². The van der Waals surface area contributed by atoms with E-state index in [1.807, 2.05) is 0 Å². The van der Waals surface area contributed by atoms with Gasteiger partial charge >= 0.3 is 0 Å². The second-order valence-electron chi connectivity index (χ2n) is 7.84. The molecule has 32 heavy (non-hydrogen) atoms. The molecule has 0 aliphatic carbocycles. The SMILES string of the molecule is COc1ccc(N2C(=O)[C@H](N3C(=O)c4ccccc4C3=O)[C@@H]2[C@H]2SCCN2C(C)=O)cc1. The second kappa shape index (κ2) is 7.67. The van der Waals surface area contributed by atoms with Crippen LogP contribution >= 0.6 is 11.8 Å². The molecule has 9 heteroatoms. The van der Waals surface area contributed by atoms with Crippen molar-refractivity contribution in [2.24, 2.45) is 0 Å². The van der Waals surface area contributed by atoms with Gasteiger partial charge in [0, 0.05) is 24.9 Å². The fourth-order valence-electron chi connectivity index (χ4n) is 4.65. The van der Waals surface area contributed by atoms with Crippen molar-refractivity contribution < 1.29 is 23.9 Å². The summed E-state index contributed by atoms with van der Waals surface area (Å²) in [5.74, 6) is -0.0155. The highest BCUT2D eigenvalue weighted by atomic mass is 32.2. The summed E-state index contributed by atoms with van der Waals surface area (Å²) in [5.41, 5.74) is 1.23. The van der Waals surface area contributed by atoms with E-state index in [-0.39, 0.29) is 17.2 Å². The first-order valence-electron chi connectivity index (χ1n) is 10.3. The maximum atomic E-state index is 13.4. The van der Waals surface area contributed by atoms with Gasteiger partial charge in [0.1, 0.15) is 17.2 Å². The van der Waals surface area contributed by atoms with Crippen LogP contribution < -0.4 is 9.64 Å². The fraction of sp³-hybridized carbons (Fsp3) is 0.304. The normalized spacial score (nSPS) is 24.6. The summed E-state index contributed by atoms with van der Waals surface area (Å²) in [5, 5.41) is -0.360. The minimum atomic E-state index is -0.970. The van der Waals surface area contributed by atoms with Crippen LogP contribution in [0.1, 0.15) is 27.6 Å². The van der Waals surface area contributed by atoms with Gasteiger partial charge in [-0.1, -0.05) is 12.1 Å². The number of methoxy groups -OCH3 is 1. The number of thioether (sulfide) groups is 1. The van der Waals surface area contributed by atoms with Gasteiger partial charge in [0.2, 0.25) is 5.91 Å². The Morgan fingerprint density at radius 3 is 2.16 bits per heavy atom. The van der Waals surface area contributed by atoms with Crippen molar-refractivity contribution in [1.29, 1.82) is 0 Å². The molecule has 5 rings (SSSR count). The lowest BCUT2D eigenvalue weighted by molar-refractivity contribution is -0.135. The van der Waals surface area contributed by atoms with Crippen molar-refractivity contribution in [3.8, 4) is 5.75 Å². The molecule has 0 unspecified atom stereocenters. The Kier molecular flexibility index (Phi) is 4.93. The van der Waals surface area contributed by atoms with E-state index in [1.165, 1.54) is 6.92 Å². The molecule has 164 valence electrons. The number of anilines is 1. The van der Waals surface area contributed by atoms with Gasteiger partial charge in [-0.3, -0.25) is 24.1 Å². The van der Waals surface area contributed by atoms with Crippen LogP contribution in [0.5, 0.6) is 5.75 Å². The van der Waals surface area contributed by atoms with Crippen molar-refractivity contribution >= 4 is 41.1 Å². The van der Waals surface area contributed by atoms with Gasteiger partial charge in [-0.25, -0.2) is 0 Å². The van der Waals surface area contributed by atoms with Crippen LogP contribution in [0.25, 0.3) is 0 Å². The Labute approximate surface area is 189 Å². The quantitative estimate of drug-likeness (QED) is 0.522. The standard InChI is InChI=1S/C23H21N3O5S/c1-13(27)24-11-12-32-23(24)19-18(22(30)25(19)14-7-9-15(31-2)10-8-14)26-20(28)16-5-3-4-6-17(16)21(26)29/h3-10,18-19,23H,11-12H2,1-2H3/t18-,19-,23-/m1/s1. The van der Waals surface area contributed by atoms with Crippen LogP contribution in [0, 0.1) is 0 Å². The first-order chi connectivity index (χ1) is 15.4. The number of imide groups is 1. The molecule has 0 N–H and O–H groups in total. The molecule has 3 heterocycles. The number of carbonyl (C=O) groups excluding carboxylic acids is 4. The maximum absolute atomic E-state index is 13.4. The van der Waals surface area contributed by atoms with Gasteiger partial charge in [-0.05, 0) is 36.4 Å². The smallest absolute Gasteiger partial charge is 0.262 e. The van der Waals surface area contributed by atoms with E-state index in [4.69, 9.17) is 4.74 Å². The first-order valence-corrected chi connectivity index (χ1v) is 11.3. The predicted molar refractivity (Wildman–Crippen MR) is 119 cm³/mol. The second-order valence-corrected chi connectivity index (χ2v) is 9.07. The Hall–Kier alpha value is -3.33. The van der Waals surface area contributed by atoms with Crippen LogP contribution in [-0.4, -0.2) is 70.3 Å². The molecule has 3 aliphatic rings. The third-order valence-electron chi connectivity index (χ3n) is 6.19. The zero-order chi connectivity index (χ0) is 22.6. The highest BCUT2D eigenvalue weighted by Crippen LogP contribution is 2.43. The van der Waals surface area contributed by atoms with E-state index >= 15 is 0 Å². The molecular weight excluding hydrogens is 430 g/mol. The topological polar surface area (TPSA) is 87.2 Å². The number of hydrogen-bond donors (Lipinski definition) is 0. The van der Waals surface area contributed by atoms with E-state index in [0.29, 0.717) is 29.1 Å². The monoisotopic (exact) mass is 451 g/mol. The molecule has 2 saturated heterocycles. The molecule has 0 radical (unpaired) electrons. The molecule has 2 aromatic rings. The molecule has 8 nitrogen and oxygen atoms in total. The summed E-state index contributed by atoms with van der Waals surface area (Å²) >= 11 is 1.56. The van der Waals surface area contributed by atoms with Crippen LogP contribution in [0.2, 0.25) is 0 Å². The minimum Gasteiger partial charge on any atom is -0.497 e. The Morgan fingerprint density at radius 1 is 0.969 bits per heavy atom. The van der Waals surface area contributed by atoms with Crippen LogP contribution in [0.4, 0.5) is 5.69 Å². The van der Waals surface area contributed by atoms with Crippen LogP contribution in [-0.2, 0) is 9.59 Å². The molecule has 4 amide bonds. The molecule has 3 atom stereocenters. The summed E-state index contributed by atoms with van der Waals surface area (Å²) in [6.45, 7) is 2.05. The minimum absolute atomic E-state index is 0.102. The zero-order valence-corrected chi connectivity index (χ0v) is 18.4. The molecular formula is C23H21N3O5S. The summed E-state index contributed by atoms with van der Waals surface area (Å²) in [4.78, 5) is 56.3. The largest absolute Gasteiger partial charge is 0.497 e. The summed E-state index contributed by atoms with van der Waals surface area (Å²) in [6.07, 6.45) is 0. The Morgan fingerprint density at radius 2 is 1.59 bits per heavy atom. The van der Waals surface area contributed by atoms with Crippen molar-refractivity contribution in [3.05, 3.63) is 59.7 Å². The molecule has 0 bridgehead atoms. The number of ether oxygens (including phenoxy) is 1. The highest BCUT2D eigenvalue weighted by molar-refractivity contribution is 8.00. The number of β-lactam (4-membered cyclic amide) rings is 1. The average molecular weight is 452 g/mol. The van der Waals surface area contributed by atoms with Crippen LogP contribution in [0.15, 0.2) is 48.5 Å². The molecule has 2 fully saturated rings. The number of benzene rings is 2. The average Bonchev–Trinajstić information content (AvgIpc) is 3.37. The van der Waals surface area contributed by atoms with Gasteiger partial charge in [-0.2, -0.15) is 0 Å². The molecule has 0 aromatic heterocycles. The van der Waals surface area contributed by atoms with Gasteiger partial charge < -0.3 is 14.5 Å². The molecule has 3 aliphatic heterocycles. The number of rotatable bonds is 4. The van der Waals surface area contributed by atoms with Gasteiger partial charge in [0.25, 0.3) is 17.7 Å². The molecule has 0 spiro atoms. The van der Waals surface area contributed by atoms with Gasteiger partial charge in [0.05, 0.1) is 24.3 Å². The lowest BCUT2D eigenvalue weighted by Gasteiger charge is -2.52. The summed E-state index contributed by atoms with van der Waals surface area (Å²) in [7, 11) is 1.56. The highest BCUT2D eigenvalue weighted by Gasteiger charge is 2.61. The van der Waals surface area contributed by atoms with E-state index < -0.39 is 23.9 Å². The van der Waals surface area contributed by atoms with E-state index in [9.17, 15) is 19.2 Å². The third-order valence-corrected chi connectivity index (χ3v) is 7.48. The van der Waals surface area contributed by atoms with E-state index in [0.717, 1.165) is 10.7 Å². The van der Waals surface area contributed by atoms with Crippen molar-refractivity contribution in [3.63, 3.8) is 0 Å². The third kappa shape index (κ3) is 2.91. The van der Waals surface area contributed by atoms with Crippen molar-refractivity contribution in [2.45, 2.75) is 24.4 Å². The number of nitrogens with zero attached hydrogens (tertiary/aromatic N) is 3. The summed E-state index contributed by atoms with van der Waals surface area (Å²) < 4.78 is 5.21. The van der Waals surface area contributed by atoms with E-state index in [1.54, 1.807) is 77.2 Å². The number of hydrogen-bond acceptors (Lipinski definition) is 6. The molecule has 0 saturated carbocycles. The molecule has 2 aromatic carbocycles. The van der Waals surface area contributed by atoms with Gasteiger partial charge in [0.15, 0.2) is 0 Å². The summed E-state index contributed by atoms with van der Waals surface area (Å²) in [6, 6.07) is 12.1. The van der Waals surface area contributed by atoms with E-state index in [2.05, 4.69) is 0 Å². The zero-order valence-electron chi connectivity index (χ0n) is 17.6. The number of fused-ring (bicyclic) bond motifs is 1. The maximum Gasteiger partial charge on any atom is 0.262 e. The Bertz CT molecular complexity index is 1100. The predicted octanol–water partition coefficient (Wildman–Crippen LogP) is 2.00. The van der Waals surface area contributed by atoms with Crippen LogP contribution in [0.3, 0.4) is 0 Å². The fourth-order valence-corrected chi connectivity index (χ4v) is 6.10. The lowest BCUT2D eigenvalue weighted by atomic mass is 9.91. The first kappa shape index (κ1) is 20.6. The lowest BCUT2D eigenvalue weighted by Crippen LogP contribution is -2.76. The number of amides is 4. The Balaban J connectivity index is 1.55. The number of carbonyl (C=O) groups is 4. The van der Waals surface area contributed by atoms with Crippen molar-refractivity contribution in [2.75, 3.05) is 24.3 Å².